The van der Waals surface area contributed by atoms with Gasteiger partial charge in [-0.15, -0.1) is 5.10 Å². The number of aromatic nitrogens is 4. The van der Waals surface area contributed by atoms with Gasteiger partial charge in [-0.25, -0.2) is 9.48 Å². The van der Waals surface area contributed by atoms with Crippen molar-refractivity contribution in [2.24, 2.45) is 0 Å². The maximum absolute atomic E-state index is 11.2. The van der Waals surface area contributed by atoms with Crippen LogP contribution < -0.4 is 0 Å². The average molecular weight is 358 g/mol. The Morgan fingerprint density at radius 1 is 1.33 bits per heavy atom. The maximum atomic E-state index is 11.2. The van der Waals surface area contributed by atoms with Gasteiger partial charge in [0.2, 0.25) is 0 Å². The van der Waals surface area contributed by atoms with Crippen LogP contribution in [0.1, 0.15) is 13.8 Å². The zero-order valence-corrected chi connectivity index (χ0v) is 12.0. The van der Waals surface area contributed by atoms with E-state index in [0.29, 0.717) is 5.82 Å². The zero-order valence-electron chi connectivity index (χ0n) is 9.83. The molecule has 2 rings (SSSR count). The summed E-state index contributed by atoms with van der Waals surface area (Å²) in [5.41, 5.74) is -0.406. The predicted molar refractivity (Wildman–Crippen MR) is 72.9 cm³/mol. The molecule has 0 bridgehead atoms. The first kappa shape index (κ1) is 12.9. The third kappa shape index (κ3) is 2.22. The lowest BCUT2D eigenvalue weighted by atomic mass is 10.1. The Kier molecular flexibility index (Phi) is 3.33. The van der Waals surface area contributed by atoms with Gasteiger partial charge in [-0.3, -0.25) is 0 Å². The van der Waals surface area contributed by atoms with Crippen molar-refractivity contribution in [2.45, 2.75) is 19.4 Å². The lowest BCUT2D eigenvalue weighted by molar-refractivity contribution is -0.146. The van der Waals surface area contributed by atoms with Crippen LogP contribution in [0.5, 0.6) is 0 Å². The third-order valence-corrected chi connectivity index (χ3v) is 3.34. The van der Waals surface area contributed by atoms with Gasteiger partial charge < -0.3 is 5.11 Å². The van der Waals surface area contributed by atoms with Crippen molar-refractivity contribution in [1.82, 2.24) is 20.2 Å². The standard InChI is InChI=1S/C11H11IN4O2/c1-11(2,10(17)18)16-9(13-14-15-16)7-3-5-8(12)6-4-7/h3-6H,1-2H3,(H,17,18). The molecule has 2 aromatic rings. The van der Waals surface area contributed by atoms with Gasteiger partial charge in [-0.2, -0.15) is 0 Å². The fraction of sp³-hybridized carbons (Fsp3) is 0.273. The molecule has 0 spiro atoms. The summed E-state index contributed by atoms with van der Waals surface area (Å²) in [7, 11) is 0. The first-order valence-electron chi connectivity index (χ1n) is 5.21. The molecular weight excluding hydrogens is 347 g/mol. The summed E-state index contributed by atoms with van der Waals surface area (Å²) in [6.07, 6.45) is 0. The van der Waals surface area contributed by atoms with Crippen molar-refractivity contribution in [3.05, 3.63) is 27.8 Å². The van der Waals surface area contributed by atoms with Gasteiger partial charge in [0.15, 0.2) is 11.4 Å². The van der Waals surface area contributed by atoms with Crippen LogP contribution in [0.3, 0.4) is 0 Å². The Labute approximate surface area is 117 Å². The lowest BCUT2D eigenvalue weighted by Crippen LogP contribution is -2.37. The Hall–Kier alpha value is -1.51. The molecule has 1 N–H and O–H groups in total. The van der Waals surface area contributed by atoms with Crippen LogP contribution in [-0.4, -0.2) is 31.3 Å². The second-order valence-electron chi connectivity index (χ2n) is 4.29. The molecule has 94 valence electrons. The molecule has 0 unspecified atom stereocenters. The summed E-state index contributed by atoms with van der Waals surface area (Å²) in [5, 5.41) is 20.5. The first-order chi connectivity index (χ1) is 8.43. The smallest absolute Gasteiger partial charge is 0.331 e. The Morgan fingerprint density at radius 2 is 1.94 bits per heavy atom. The van der Waals surface area contributed by atoms with E-state index in [0.717, 1.165) is 9.13 Å². The highest BCUT2D eigenvalue weighted by atomic mass is 127. The van der Waals surface area contributed by atoms with Crippen molar-refractivity contribution in [3.63, 3.8) is 0 Å². The van der Waals surface area contributed by atoms with Gasteiger partial charge in [0.25, 0.3) is 0 Å². The highest BCUT2D eigenvalue weighted by molar-refractivity contribution is 14.1. The molecule has 0 aliphatic carbocycles. The molecule has 0 saturated carbocycles. The summed E-state index contributed by atoms with van der Waals surface area (Å²) in [4.78, 5) is 11.2. The lowest BCUT2D eigenvalue weighted by Gasteiger charge is -2.20. The van der Waals surface area contributed by atoms with Gasteiger partial charge in [-0.05, 0) is 59.0 Å². The number of rotatable bonds is 3. The number of hydrogen-bond acceptors (Lipinski definition) is 4. The molecule has 18 heavy (non-hydrogen) atoms. The molecule has 0 amide bonds. The summed E-state index contributed by atoms with van der Waals surface area (Å²) in [6, 6.07) is 7.56. The van der Waals surface area contributed by atoms with E-state index in [1.165, 1.54) is 4.68 Å². The van der Waals surface area contributed by atoms with Crippen LogP contribution in [0, 0.1) is 3.57 Å². The van der Waals surface area contributed by atoms with Crippen LogP contribution in [0.4, 0.5) is 0 Å². The van der Waals surface area contributed by atoms with E-state index in [1.807, 2.05) is 24.3 Å². The van der Waals surface area contributed by atoms with Crippen molar-refractivity contribution < 1.29 is 9.90 Å². The van der Waals surface area contributed by atoms with Gasteiger partial charge in [-0.1, -0.05) is 12.1 Å². The summed E-state index contributed by atoms with van der Waals surface area (Å²) < 4.78 is 2.41. The number of hydrogen-bond donors (Lipinski definition) is 1. The molecule has 0 atom stereocenters. The minimum atomic E-state index is -1.19. The van der Waals surface area contributed by atoms with E-state index in [2.05, 4.69) is 38.1 Å². The van der Waals surface area contributed by atoms with E-state index in [9.17, 15) is 9.90 Å². The predicted octanol–water partition coefficient (Wildman–Crippen LogP) is 1.76. The fourth-order valence-electron chi connectivity index (χ4n) is 1.43. The largest absolute Gasteiger partial charge is 0.479 e. The number of tetrazole rings is 1. The molecule has 0 saturated heterocycles. The van der Waals surface area contributed by atoms with E-state index in [-0.39, 0.29) is 0 Å². The van der Waals surface area contributed by atoms with Gasteiger partial charge in [0.05, 0.1) is 0 Å². The molecule has 1 aromatic heterocycles. The molecule has 0 radical (unpaired) electrons. The van der Waals surface area contributed by atoms with E-state index in [1.54, 1.807) is 13.8 Å². The number of carboxylic acid groups (broad SMARTS) is 1. The van der Waals surface area contributed by atoms with Crippen molar-refractivity contribution in [2.75, 3.05) is 0 Å². The highest BCUT2D eigenvalue weighted by Gasteiger charge is 2.33. The monoisotopic (exact) mass is 358 g/mol. The summed E-state index contributed by atoms with van der Waals surface area (Å²) >= 11 is 2.20. The zero-order chi connectivity index (χ0) is 13.3. The molecule has 0 fully saturated rings. The van der Waals surface area contributed by atoms with E-state index >= 15 is 0 Å². The van der Waals surface area contributed by atoms with Crippen molar-refractivity contribution in [3.8, 4) is 11.4 Å². The van der Waals surface area contributed by atoms with Crippen LogP contribution in [0.25, 0.3) is 11.4 Å². The van der Waals surface area contributed by atoms with Crippen LogP contribution in [0.15, 0.2) is 24.3 Å². The highest BCUT2D eigenvalue weighted by Crippen LogP contribution is 2.23. The second-order valence-corrected chi connectivity index (χ2v) is 5.53. The van der Waals surface area contributed by atoms with Crippen molar-refractivity contribution >= 4 is 28.6 Å². The quantitative estimate of drug-likeness (QED) is 0.846. The number of benzene rings is 1. The summed E-state index contributed by atoms with van der Waals surface area (Å²) in [6.45, 7) is 3.11. The van der Waals surface area contributed by atoms with E-state index in [4.69, 9.17) is 0 Å². The topological polar surface area (TPSA) is 80.9 Å². The molecular formula is C11H11IN4O2. The molecule has 0 aliphatic rings. The molecule has 0 aliphatic heterocycles. The van der Waals surface area contributed by atoms with Gasteiger partial charge >= 0.3 is 5.97 Å². The Bertz CT molecular complexity index is 577. The number of carboxylic acids is 1. The third-order valence-electron chi connectivity index (χ3n) is 2.62. The minimum Gasteiger partial charge on any atom is -0.479 e. The average Bonchev–Trinajstić information content (AvgIpc) is 2.79. The van der Waals surface area contributed by atoms with E-state index < -0.39 is 11.5 Å². The van der Waals surface area contributed by atoms with Crippen LogP contribution in [-0.2, 0) is 10.3 Å². The number of aliphatic carboxylic acids is 1. The molecule has 1 aromatic carbocycles. The SMILES string of the molecule is CC(C)(C(=O)O)n1nnnc1-c1ccc(I)cc1. The van der Waals surface area contributed by atoms with Crippen LogP contribution >= 0.6 is 22.6 Å². The summed E-state index contributed by atoms with van der Waals surface area (Å²) in [5.74, 6) is -0.541. The van der Waals surface area contributed by atoms with Gasteiger partial charge in [0.1, 0.15) is 0 Å². The molecule has 6 nitrogen and oxygen atoms in total. The van der Waals surface area contributed by atoms with Crippen LogP contribution in [0.2, 0.25) is 0 Å². The number of carbonyl (C=O) groups is 1. The Morgan fingerprint density at radius 3 is 2.50 bits per heavy atom. The molecule has 7 heteroatoms. The molecule has 1 heterocycles. The first-order valence-corrected chi connectivity index (χ1v) is 6.29. The van der Waals surface area contributed by atoms with Gasteiger partial charge in [0, 0.05) is 9.13 Å². The number of halogens is 1. The second kappa shape index (κ2) is 4.63. The van der Waals surface area contributed by atoms with Crippen molar-refractivity contribution in [1.29, 1.82) is 0 Å². The minimum absolute atomic E-state index is 0.443. The maximum Gasteiger partial charge on any atom is 0.331 e. The normalized spacial score (nSPS) is 11.5. The number of nitrogens with zero attached hydrogens (tertiary/aromatic N) is 4. The fourth-order valence-corrected chi connectivity index (χ4v) is 1.79. The Balaban J connectivity index is 2.52.